The lowest BCUT2D eigenvalue weighted by Gasteiger charge is -2.42. The van der Waals surface area contributed by atoms with Gasteiger partial charge in [-0.25, -0.2) is 0 Å². The van der Waals surface area contributed by atoms with E-state index in [4.69, 9.17) is 5.73 Å². The van der Waals surface area contributed by atoms with Gasteiger partial charge in [0.2, 0.25) is 0 Å². The highest BCUT2D eigenvalue weighted by molar-refractivity contribution is 9.10. The first-order valence-electron chi connectivity index (χ1n) is 6.26. The molecule has 2 rings (SSSR count). The van der Waals surface area contributed by atoms with E-state index in [1.807, 2.05) is 0 Å². The van der Waals surface area contributed by atoms with Crippen molar-refractivity contribution in [1.29, 1.82) is 0 Å². The van der Waals surface area contributed by atoms with Crippen molar-refractivity contribution in [3.05, 3.63) is 20.8 Å². The molecule has 2 nitrogen and oxygen atoms in total. The summed E-state index contributed by atoms with van der Waals surface area (Å²) >= 11 is 7.41. The maximum atomic E-state index is 6.24. The van der Waals surface area contributed by atoms with Crippen LogP contribution in [0.1, 0.15) is 31.7 Å². The second-order valence-corrected chi connectivity index (χ2v) is 9.21. The zero-order chi connectivity index (χ0) is 13.3. The molecule has 0 aromatic carbocycles. The van der Waals surface area contributed by atoms with Crippen LogP contribution in [0.25, 0.3) is 0 Å². The van der Waals surface area contributed by atoms with Gasteiger partial charge in [0, 0.05) is 44.4 Å². The molecule has 2 N–H and O–H groups in total. The van der Waals surface area contributed by atoms with E-state index in [1.54, 1.807) is 11.3 Å². The first kappa shape index (κ1) is 14.9. The third kappa shape index (κ3) is 3.51. The SMILES string of the molecule is CC(N)C(c1cc(Br)cs1)N1CCSC(C)(C)C1. The summed E-state index contributed by atoms with van der Waals surface area (Å²) in [6.07, 6.45) is 0. The monoisotopic (exact) mass is 348 g/mol. The molecule has 0 amide bonds. The molecule has 0 aliphatic carbocycles. The molecule has 0 spiro atoms. The van der Waals surface area contributed by atoms with E-state index >= 15 is 0 Å². The number of halogens is 1. The fourth-order valence-electron chi connectivity index (χ4n) is 2.55. The van der Waals surface area contributed by atoms with Crippen molar-refractivity contribution in [1.82, 2.24) is 4.90 Å². The molecule has 2 heterocycles. The average molecular weight is 349 g/mol. The fourth-order valence-corrected chi connectivity index (χ4v) is 5.37. The van der Waals surface area contributed by atoms with Crippen LogP contribution in [-0.2, 0) is 0 Å². The van der Waals surface area contributed by atoms with Crippen molar-refractivity contribution < 1.29 is 0 Å². The number of hydrogen-bond donors (Lipinski definition) is 1. The van der Waals surface area contributed by atoms with Gasteiger partial charge in [-0.15, -0.1) is 11.3 Å². The summed E-state index contributed by atoms with van der Waals surface area (Å²) in [5.41, 5.74) is 6.24. The van der Waals surface area contributed by atoms with Gasteiger partial charge in [-0.2, -0.15) is 11.8 Å². The highest BCUT2D eigenvalue weighted by atomic mass is 79.9. The van der Waals surface area contributed by atoms with Crippen LogP contribution in [0.4, 0.5) is 0 Å². The Kier molecular flexibility index (Phi) is 4.81. The highest BCUT2D eigenvalue weighted by Crippen LogP contribution is 2.37. The predicted molar refractivity (Wildman–Crippen MR) is 86.5 cm³/mol. The van der Waals surface area contributed by atoms with Crippen LogP contribution in [0, 0.1) is 0 Å². The summed E-state index contributed by atoms with van der Waals surface area (Å²) < 4.78 is 1.50. The maximum Gasteiger partial charge on any atom is 0.0591 e. The Bertz CT molecular complexity index is 403. The molecule has 1 aliphatic heterocycles. The highest BCUT2D eigenvalue weighted by Gasteiger charge is 2.33. The summed E-state index contributed by atoms with van der Waals surface area (Å²) in [6.45, 7) is 9.01. The van der Waals surface area contributed by atoms with Crippen molar-refractivity contribution in [2.45, 2.75) is 37.6 Å². The number of nitrogens with zero attached hydrogens (tertiary/aromatic N) is 1. The molecule has 1 fully saturated rings. The van der Waals surface area contributed by atoms with E-state index in [2.05, 4.69) is 64.8 Å². The lowest BCUT2D eigenvalue weighted by atomic mass is 10.0. The molecule has 1 aliphatic rings. The van der Waals surface area contributed by atoms with Gasteiger partial charge in [-0.3, -0.25) is 4.90 Å². The van der Waals surface area contributed by atoms with Crippen LogP contribution >= 0.6 is 39.0 Å². The topological polar surface area (TPSA) is 29.3 Å². The Labute approximate surface area is 126 Å². The number of thiophene rings is 1. The first-order valence-corrected chi connectivity index (χ1v) is 8.92. The van der Waals surface area contributed by atoms with Crippen LogP contribution in [-0.4, -0.2) is 34.5 Å². The predicted octanol–water partition coefficient (Wildman–Crippen LogP) is 3.73. The van der Waals surface area contributed by atoms with Crippen LogP contribution in [0.5, 0.6) is 0 Å². The van der Waals surface area contributed by atoms with Crippen molar-refractivity contribution >= 4 is 39.0 Å². The standard InChI is InChI=1S/C13H21BrN2S2/c1-9(15)12(11-6-10(14)7-17-11)16-4-5-18-13(2,3)8-16/h6-7,9,12H,4-5,8,15H2,1-3H3. The minimum Gasteiger partial charge on any atom is -0.326 e. The van der Waals surface area contributed by atoms with E-state index in [1.165, 1.54) is 15.1 Å². The van der Waals surface area contributed by atoms with E-state index in [-0.39, 0.29) is 6.04 Å². The van der Waals surface area contributed by atoms with Gasteiger partial charge in [-0.05, 0) is 42.8 Å². The summed E-state index contributed by atoms with van der Waals surface area (Å²) in [4.78, 5) is 3.93. The van der Waals surface area contributed by atoms with Gasteiger partial charge in [0.15, 0.2) is 0 Å². The van der Waals surface area contributed by atoms with Crippen molar-refractivity contribution in [3.63, 3.8) is 0 Å². The number of hydrogen-bond acceptors (Lipinski definition) is 4. The smallest absolute Gasteiger partial charge is 0.0591 e. The zero-order valence-electron chi connectivity index (χ0n) is 11.1. The third-order valence-corrected chi connectivity index (χ3v) is 6.29. The van der Waals surface area contributed by atoms with Gasteiger partial charge in [0.25, 0.3) is 0 Å². The molecule has 5 heteroatoms. The first-order chi connectivity index (χ1) is 8.39. The van der Waals surface area contributed by atoms with Gasteiger partial charge >= 0.3 is 0 Å². The summed E-state index contributed by atoms with van der Waals surface area (Å²) in [5.74, 6) is 1.20. The van der Waals surface area contributed by atoms with Crippen LogP contribution in [0.15, 0.2) is 15.9 Å². The van der Waals surface area contributed by atoms with Crippen LogP contribution in [0.2, 0.25) is 0 Å². The Morgan fingerprint density at radius 1 is 1.50 bits per heavy atom. The summed E-state index contributed by atoms with van der Waals surface area (Å²) in [5, 5.41) is 2.15. The molecule has 0 saturated carbocycles. The second kappa shape index (κ2) is 5.83. The van der Waals surface area contributed by atoms with Crippen molar-refractivity contribution in [3.8, 4) is 0 Å². The molecule has 1 aromatic heterocycles. The minimum absolute atomic E-state index is 0.162. The molecule has 0 bridgehead atoms. The van der Waals surface area contributed by atoms with E-state index < -0.39 is 0 Å². The van der Waals surface area contributed by atoms with E-state index in [0.29, 0.717) is 10.8 Å². The Balaban J connectivity index is 2.20. The van der Waals surface area contributed by atoms with Gasteiger partial charge in [0.05, 0.1) is 6.04 Å². The quantitative estimate of drug-likeness (QED) is 0.902. The fraction of sp³-hybridized carbons (Fsp3) is 0.692. The molecule has 2 atom stereocenters. The lowest BCUT2D eigenvalue weighted by molar-refractivity contribution is 0.171. The van der Waals surface area contributed by atoms with Gasteiger partial charge in [-0.1, -0.05) is 0 Å². The van der Waals surface area contributed by atoms with E-state index in [9.17, 15) is 0 Å². The normalized spacial score (nSPS) is 23.8. The van der Waals surface area contributed by atoms with Crippen LogP contribution < -0.4 is 5.73 Å². The molecule has 1 aromatic rings. The Hall–Kier alpha value is 0.450. The van der Waals surface area contributed by atoms with Crippen molar-refractivity contribution in [2.75, 3.05) is 18.8 Å². The van der Waals surface area contributed by atoms with Crippen molar-refractivity contribution in [2.24, 2.45) is 5.73 Å². The molecule has 18 heavy (non-hydrogen) atoms. The number of nitrogens with two attached hydrogens (primary N) is 1. The molecule has 102 valence electrons. The Morgan fingerprint density at radius 3 is 2.72 bits per heavy atom. The second-order valence-electron chi connectivity index (χ2n) is 5.55. The molecular weight excluding hydrogens is 328 g/mol. The maximum absolute atomic E-state index is 6.24. The average Bonchev–Trinajstić information content (AvgIpc) is 2.63. The summed E-state index contributed by atoms with van der Waals surface area (Å²) in [7, 11) is 0. The van der Waals surface area contributed by atoms with Gasteiger partial charge < -0.3 is 5.73 Å². The van der Waals surface area contributed by atoms with Crippen LogP contribution in [0.3, 0.4) is 0 Å². The molecule has 1 saturated heterocycles. The minimum atomic E-state index is 0.162. The number of thioether (sulfide) groups is 1. The van der Waals surface area contributed by atoms with E-state index in [0.717, 1.165) is 13.1 Å². The lowest BCUT2D eigenvalue weighted by Crippen LogP contribution is -2.48. The third-order valence-electron chi connectivity index (χ3n) is 3.23. The largest absolute Gasteiger partial charge is 0.326 e. The number of rotatable bonds is 3. The summed E-state index contributed by atoms with van der Waals surface area (Å²) in [6, 6.07) is 2.73. The van der Waals surface area contributed by atoms with Gasteiger partial charge in [0.1, 0.15) is 0 Å². The molecular formula is C13H21BrN2S2. The Morgan fingerprint density at radius 2 is 2.22 bits per heavy atom. The molecule has 0 radical (unpaired) electrons. The molecule has 2 unspecified atom stereocenters. The zero-order valence-corrected chi connectivity index (χ0v) is 14.4.